The van der Waals surface area contributed by atoms with Gasteiger partial charge in [0.25, 0.3) is 0 Å². The van der Waals surface area contributed by atoms with Gasteiger partial charge in [0.05, 0.1) is 0 Å². The molecule has 0 N–H and O–H groups in total. The average Bonchev–Trinajstić information content (AvgIpc) is 2.20. The van der Waals surface area contributed by atoms with Gasteiger partial charge in [0, 0.05) is 0 Å². The summed E-state index contributed by atoms with van der Waals surface area (Å²) in [6.45, 7) is 11.2. The zero-order valence-corrected chi connectivity index (χ0v) is 9.03. The summed E-state index contributed by atoms with van der Waals surface area (Å²) in [5.41, 5.74) is 2.28. The molecule has 74 valence electrons. The summed E-state index contributed by atoms with van der Waals surface area (Å²) in [7, 11) is 0. The fourth-order valence-corrected chi connectivity index (χ4v) is 0.874. The molecule has 1 aromatic rings. The molecule has 0 aromatic heterocycles. The van der Waals surface area contributed by atoms with Gasteiger partial charge in [-0.1, -0.05) is 67.3 Å². The second-order valence-corrected chi connectivity index (χ2v) is 2.96. The average molecular weight is 186 g/mol. The highest BCUT2D eigenvalue weighted by molar-refractivity contribution is 5.45. The molecule has 0 heterocycles. The van der Waals surface area contributed by atoms with Crippen molar-refractivity contribution in [3.63, 3.8) is 0 Å². The topological polar surface area (TPSA) is 0 Å². The minimum Gasteiger partial charge on any atom is -0.0985 e. The van der Waals surface area contributed by atoms with Crippen LogP contribution in [0.5, 0.6) is 0 Å². The van der Waals surface area contributed by atoms with Crippen molar-refractivity contribution in [3.8, 4) is 0 Å². The van der Waals surface area contributed by atoms with Gasteiger partial charge in [-0.15, -0.1) is 0 Å². The second-order valence-electron chi connectivity index (χ2n) is 2.96. The van der Waals surface area contributed by atoms with Crippen molar-refractivity contribution < 1.29 is 0 Å². The molecule has 0 nitrogen and oxygen atoms in total. The summed E-state index contributed by atoms with van der Waals surface area (Å²) in [5.74, 6) is 0. The third-order valence-electron chi connectivity index (χ3n) is 1.49. The van der Waals surface area contributed by atoms with Crippen LogP contribution in [0.4, 0.5) is 0 Å². The van der Waals surface area contributed by atoms with Crippen LogP contribution >= 0.6 is 0 Å². The molecule has 0 unspecified atom stereocenters. The minimum atomic E-state index is 1.11. The van der Waals surface area contributed by atoms with Crippen molar-refractivity contribution in [1.82, 2.24) is 0 Å². The number of hydrogen-bond acceptors (Lipinski definition) is 0. The van der Waals surface area contributed by atoms with Crippen LogP contribution in [0, 0.1) is 0 Å². The molecule has 0 saturated carbocycles. The third-order valence-corrected chi connectivity index (χ3v) is 1.49. The van der Waals surface area contributed by atoms with Crippen LogP contribution in [-0.2, 0) is 0 Å². The molecule has 0 saturated heterocycles. The molecule has 0 atom stereocenters. The smallest absolute Gasteiger partial charge is 0.0263 e. The summed E-state index contributed by atoms with van der Waals surface area (Å²) in [5, 5.41) is 0. The van der Waals surface area contributed by atoms with E-state index < -0.39 is 0 Å². The minimum absolute atomic E-state index is 1.11. The van der Waals surface area contributed by atoms with Gasteiger partial charge in [-0.25, -0.2) is 0 Å². The second kappa shape index (κ2) is 8.06. The molecule has 0 spiro atoms. The van der Waals surface area contributed by atoms with Crippen LogP contribution in [0.1, 0.15) is 19.4 Å². The van der Waals surface area contributed by atoms with Gasteiger partial charge in [-0.2, -0.15) is 0 Å². The van der Waals surface area contributed by atoms with E-state index in [2.05, 4.69) is 13.2 Å². The molecule has 0 heteroatoms. The Morgan fingerprint density at radius 2 is 1.79 bits per heavy atom. The molecular weight excluding hydrogens is 168 g/mol. The zero-order valence-electron chi connectivity index (χ0n) is 9.03. The van der Waals surface area contributed by atoms with E-state index in [9.17, 15) is 0 Å². The Bertz CT molecular complexity index is 291. The van der Waals surface area contributed by atoms with Crippen LogP contribution in [0.15, 0.2) is 61.2 Å². The molecule has 0 aliphatic carbocycles. The van der Waals surface area contributed by atoms with Crippen LogP contribution in [0.25, 0.3) is 6.08 Å². The highest BCUT2D eigenvalue weighted by Crippen LogP contribution is 1.97. The molecule has 0 aliphatic heterocycles. The standard InChI is InChI=1S/C8H8.C6H10/c1-2-8-6-4-3-5-7-8;1-4-5-6(2)3/h2-7H,1H2;4-5H,2H2,1,3H3. The summed E-state index contributed by atoms with van der Waals surface area (Å²) in [6.07, 6.45) is 5.78. The summed E-state index contributed by atoms with van der Waals surface area (Å²) >= 11 is 0. The van der Waals surface area contributed by atoms with Crippen LogP contribution in [0.3, 0.4) is 0 Å². The lowest BCUT2D eigenvalue weighted by Gasteiger charge is -1.85. The van der Waals surface area contributed by atoms with Gasteiger partial charge >= 0.3 is 0 Å². The van der Waals surface area contributed by atoms with Gasteiger partial charge in [0.1, 0.15) is 0 Å². The lowest BCUT2D eigenvalue weighted by molar-refractivity contribution is 1.54. The van der Waals surface area contributed by atoms with Crippen molar-refractivity contribution in [2.24, 2.45) is 0 Å². The van der Waals surface area contributed by atoms with E-state index in [1.165, 1.54) is 5.56 Å². The van der Waals surface area contributed by atoms with Gasteiger partial charge < -0.3 is 0 Å². The lowest BCUT2D eigenvalue weighted by atomic mass is 10.2. The van der Waals surface area contributed by atoms with E-state index >= 15 is 0 Å². The van der Waals surface area contributed by atoms with Crippen molar-refractivity contribution in [3.05, 3.63) is 66.8 Å². The van der Waals surface area contributed by atoms with E-state index in [4.69, 9.17) is 0 Å². The maximum absolute atomic E-state index is 3.66. The Balaban J connectivity index is 0.000000255. The summed E-state index contributed by atoms with van der Waals surface area (Å²) in [6, 6.07) is 10.0. The monoisotopic (exact) mass is 186 g/mol. The first-order valence-corrected chi connectivity index (χ1v) is 4.66. The first kappa shape index (κ1) is 12.4. The SMILES string of the molecule is C=C(C)C=CC.C=Cc1ccccc1. The number of rotatable bonds is 2. The Morgan fingerprint density at radius 1 is 1.21 bits per heavy atom. The Labute approximate surface area is 87.3 Å². The predicted octanol–water partition coefficient (Wildman–Crippen LogP) is 4.47. The van der Waals surface area contributed by atoms with Crippen molar-refractivity contribution in [2.75, 3.05) is 0 Å². The number of allylic oxidation sites excluding steroid dienone is 3. The van der Waals surface area contributed by atoms with E-state index in [0.717, 1.165) is 5.57 Å². The lowest BCUT2D eigenvalue weighted by Crippen LogP contribution is -1.63. The van der Waals surface area contributed by atoms with Gasteiger partial charge in [-0.05, 0) is 19.4 Å². The molecule has 0 aliphatic rings. The molecule has 14 heavy (non-hydrogen) atoms. The molecule has 0 amide bonds. The highest BCUT2D eigenvalue weighted by Gasteiger charge is 1.75. The molecule has 1 rings (SSSR count). The Kier molecular flexibility index (Phi) is 7.16. The fourth-order valence-electron chi connectivity index (χ4n) is 0.874. The molecule has 0 fully saturated rings. The molecule has 1 aromatic carbocycles. The highest BCUT2D eigenvalue weighted by atomic mass is 13.8. The van der Waals surface area contributed by atoms with Gasteiger partial charge in [0.2, 0.25) is 0 Å². The van der Waals surface area contributed by atoms with E-state index in [1.54, 1.807) is 0 Å². The van der Waals surface area contributed by atoms with Gasteiger partial charge in [0.15, 0.2) is 0 Å². The fraction of sp³-hybridized carbons (Fsp3) is 0.143. The van der Waals surface area contributed by atoms with E-state index in [-0.39, 0.29) is 0 Å². The largest absolute Gasteiger partial charge is 0.0985 e. The Morgan fingerprint density at radius 3 is 2.00 bits per heavy atom. The van der Waals surface area contributed by atoms with Gasteiger partial charge in [-0.3, -0.25) is 0 Å². The summed E-state index contributed by atoms with van der Waals surface area (Å²) < 4.78 is 0. The predicted molar refractivity (Wildman–Crippen MR) is 66.2 cm³/mol. The maximum Gasteiger partial charge on any atom is -0.0263 e. The Hall–Kier alpha value is -1.56. The van der Waals surface area contributed by atoms with Crippen molar-refractivity contribution >= 4 is 6.08 Å². The zero-order chi connectivity index (χ0) is 10.8. The summed E-state index contributed by atoms with van der Waals surface area (Å²) in [4.78, 5) is 0. The quantitative estimate of drug-likeness (QED) is 0.598. The molecule has 0 radical (unpaired) electrons. The first-order valence-electron chi connectivity index (χ1n) is 4.66. The van der Waals surface area contributed by atoms with Crippen molar-refractivity contribution in [2.45, 2.75) is 13.8 Å². The maximum atomic E-state index is 3.66. The molecular formula is C14H18. The third kappa shape index (κ3) is 7.11. The number of benzene rings is 1. The van der Waals surface area contributed by atoms with E-state index in [1.807, 2.05) is 62.4 Å². The number of hydrogen-bond donors (Lipinski definition) is 0. The van der Waals surface area contributed by atoms with Crippen LogP contribution in [-0.4, -0.2) is 0 Å². The van der Waals surface area contributed by atoms with Crippen molar-refractivity contribution in [1.29, 1.82) is 0 Å². The first-order chi connectivity index (χ1) is 6.70. The normalized spacial score (nSPS) is 9.00. The molecule has 0 bridgehead atoms. The van der Waals surface area contributed by atoms with Crippen LogP contribution < -0.4 is 0 Å². The van der Waals surface area contributed by atoms with E-state index in [0.29, 0.717) is 0 Å². The van der Waals surface area contributed by atoms with Crippen LogP contribution in [0.2, 0.25) is 0 Å².